The predicted octanol–water partition coefficient (Wildman–Crippen LogP) is 1.45. The molecule has 0 aromatic heterocycles. The molecule has 6 nitrogen and oxygen atoms in total. The number of amides is 1. The molecular weight excluding hydrogens is 274 g/mol. The van der Waals surface area contributed by atoms with Crippen LogP contribution in [0, 0.1) is 11.3 Å². The van der Waals surface area contributed by atoms with Crippen molar-refractivity contribution in [3.63, 3.8) is 0 Å². The second kappa shape index (κ2) is 8.44. The van der Waals surface area contributed by atoms with Crippen molar-refractivity contribution in [1.29, 1.82) is 0 Å². The van der Waals surface area contributed by atoms with E-state index in [-0.39, 0.29) is 24.5 Å². The number of rotatable bonds is 6. The molecule has 1 atom stereocenters. The summed E-state index contributed by atoms with van der Waals surface area (Å²) < 4.78 is 9.39. The molecule has 0 heterocycles. The van der Waals surface area contributed by atoms with E-state index >= 15 is 0 Å². The summed E-state index contributed by atoms with van der Waals surface area (Å²) in [5, 5.41) is 2.86. The Kier molecular flexibility index (Phi) is 7.70. The van der Waals surface area contributed by atoms with E-state index in [1.165, 1.54) is 7.11 Å². The lowest BCUT2D eigenvalue weighted by Crippen LogP contribution is -2.46. The molecule has 6 heteroatoms. The third-order valence-corrected chi connectivity index (χ3v) is 2.76. The molecule has 0 aromatic carbocycles. The zero-order chi connectivity index (χ0) is 16.6. The van der Waals surface area contributed by atoms with Crippen LogP contribution in [-0.4, -0.2) is 37.6 Å². The second-order valence-corrected chi connectivity index (χ2v) is 6.06. The lowest BCUT2D eigenvalue weighted by atomic mass is 9.94. The van der Waals surface area contributed by atoms with Crippen molar-refractivity contribution in [3.8, 4) is 0 Å². The maximum Gasteiger partial charge on any atom is 0.331 e. The third-order valence-electron chi connectivity index (χ3n) is 2.76. The predicted molar refractivity (Wildman–Crippen MR) is 78.3 cm³/mol. The Balaban J connectivity index is 4.47. The first-order chi connectivity index (χ1) is 9.57. The fourth-order valence-corrected chi connectivity index (χ4v) is 1.21. The van der Waals surface area contributed by atoms with E-state index in [4.69, 9.17) is 4.74 Å². The highest BCUT2D eigenvalue weighted by Gasteiger charge is 2.26. The minimum absolute atomic E-state index is 0.0455. The first kappa shape index (κ1) is 19.1. The molecule has 0 aliphatic heterocycles. The van der Waals surface area contributed by atoms with Crippen molar-refractivity contribution in [1.82, 2.24) is 5.32 Å². The molecule has 0 saturated heterocycles. The van der Waals surface area contributed by atoms with Gasteiger partial charge in [0.1, 0.15) is 6.61 Å². The van der Waals surface area contributed by atoms with Gasteiger partial charge < -0.3 is 14.8 Å². The van der Waals surface area contributed by atoms with Crippen molar-refractivity contribution >= 4 is 17.8 Å². The van der Waals surface area contributed by atoms with Crippen LogP contribution < -0.4 is 5.32 Å². The summed E-state index contributed by atoms with van der Waals surface area (Å²) in [6.07, 6.45) is 1.98. The monoisotopic (exact) mass is 299 g/mol. The van der Waals surface area contributed by atoms with Crippen LogP contribution in [0.25, 0.3) is 0 Å². The maximum absolute atomic E-state index is 12.0. The first-order valence-corrected chi connectivity index (χ1v) is 6.81. The van der Waals surface area contributed by atoms with Gasteiger partial charge in [0.05, 0.1) is 13.2 Å². The number of nitrogens with one attached hydrogen (secondary N) is 1. The highest BCUT2D eigenvalue weighted by molar-refractivity contribution is 5.91. The lowest BCUT2D eigenvalue weighted by molar-refractivity contribution is -0.141. The van der Waals surface area contributed by atoms with Crippen LogP contribution in [0.3, 0.4) is 0 Å². The summed E-state index contributed by atoms with van der Waals surface area (Å²) in [6.45, 7) is 9.32. The highest BCUT2D eigenvalue weighted by Crippen LogP contribution is 2.14. The Hall–Kier alpha value is -1.85. The van der Waals surface area contributed by atoms with Gasteiger partial charge in [0.2, 0.25) is 5.91 Å². The number of ether oxygens (including phenoxy) is 2. The minimum Gasteiger partial charge on any atom is -0.466 e. The van der Waals surface area contributed by atoms with Crippen molar-refractivity contribution < 1.29 is 23.9 Å². The molecule has 0 spiro atoms. The van der Waals surface area contributed by atoms with Crippen LogP contribution in [0.4, 0.5) is 0 Å². The zero-order valence-electron chi connectivity index (χ0n) is 13.6. The van der Waals surface area contributed by atoms with E-state index in [0.717, 1.165) is 12.2 Å². The van der Waals surface area contributed by atoms with Gasteiger partial charge in [0, 0.05) is 17.6 Å². The van der Waals surface area contributed by atoms with Gasteiger partial charge in [-0.25, -0.2) is 9.59 Å². The number of carbonyl (C=O) groups excluding carboxylic acids is 3. The SMILES string of the molecule is COC(=O)/C=C/C(=O)OCC(NC(=O)C(C)(C)C)C(C)C. The van der Waals surface area contributed by atoms with E-state index in [9.17, 15) is 14.4 Å². The molecule has 1 N–H and O–H groups in total. The van der Waals surface area contributed by atoms with Gasteiger partial charge in [-0.2, -0.15) is 0 Å². The summed E-state index contributed by atoms with van der Waals surface area (Å²) in [5.74, 6) is -1.29. The molecule has 21 heavy (non-hydrogen) atoms. The van der Waals surface area contributed by atoms with Crippen LogP contribution in [0.5, 0.6) is 0 Å². The summed E-state index contributed by atoms with van der Waals surface area (Å²) in [4.78, 5) is 34.2. The van der Waals surface area contributed by atoms with E-state index in [1.807, 2.05) is 34.6 Å². The minimum atomic E-state index is -0.656. The molecule has 120 valence electrons. The molecular formula is C15H25NO5. The quantitative estimate of drug-likeness (QED) is 0.593. The van der Waals surface area contributed by atoms with Gasteiger partial charge in [-0.05, 0) is 5.92 Å². The summed E-state index contributed by atoms with van der Waals surface area (Å²) in [7, 11) is 1.22. The van der Waals surface area contributed by atoms with Gasteiger partial charge in [0.15, 0.2) is 0 Å². The van der Waals surface area contributed by atoms with Gasteiger partial charge in [0.25, 0.3) is 0 Å². The Morgan fingerprint density at radius 2 is 1.62 bits per heavy atom. The molecule has 1 amide bonds. The number of esters is 2. The van der Waals surface area contributed by atoms with Gasteiger partial charge in [-0.1, -0.05) is 34.6 Å². The highest BCUT2D eigenvalue weighted by atomic mass is 16.5. The molecule has 0 fully saturated rings. The molecule has 0 radical (unpaired) electrons. The van der Waals surface area contributed by atoms with Crippen LogP contribution in [0.2, 0.25) is 0 Å². The van der Waals surface area contributed by atoms with Crippen LogP contribution in [0.1, 0.15) is 34.6 Å². The Bertz CT molecular complexity index is 407. The van der Waals surface area contributed by atoms with Crippen molar-refractivity contribution in [2.45, 2.75) is 40.7 Å². The third kappa shape index (κ3) is 8.12. The van der Waals surface area contributed by atoms with Gasteiger partial charge in [-0.3, -0.25) is 4.79 Å². The standard InChI is InChI=1S/C15H25NO5/c1-10(2)11(16-14(19)15(3,4)5)9-21-13(18)8-7-12(17)20-6/h7-8,10-11H,9H2,1-6H3,(H,16,19)/b8-7+. The van der Waals surface area contributed by atoms with Crippen LogP contribution in [0.15, 0.2) is 12.2 Å². The van der Waals surface area contributed by atoms with E-state index < -0.39 is 17.4 Å². The molecule has 0 bridgehead atoms. The topological polar surface area (TPSA) is 81.7 Å². The Morgan fingerprint density at radius 3 is 2.05 bits per heavy atom. The molecule has 0 aromatic rings. The first-order valence-electron chi connectivity index (χ1n) is 6.81. The smallest absolute Gasteiger partial charge is 0.331 e. The van der Waals surface area contributed by atoms with E-state index in [1.54, 1.807) is 0 Å². The largest absolute Gasteiger partial charge is 0.466 e. The van der Waals surface area contributed by atoms with Crippen molar-refractivity contribution in [3.05, 3.63) is 12.2 Å². The fraction of sp³-hybridized carbons (Fsp3) is 0.667. The molecule has 0 rings (SSSR count). The zero-order valence-corrected chi connectivity index (χ0v) is 13.6. The van der Waals surface area contributed by atoms with Crippen molar-refractivity contribution in [2.75, 3.05) is 13.7 Å². The summed E-state index contributed by atoms with van der Waals surface area (Å²) in [6, 6.07) is -0.285. The average Bonchev–Trinajstić information content (AvgIpc) is 2.38. The average molecular weight is 299 g/mol. The molecule has 0 saturated carbocycles. The van der Waals surface area contributed by atoms with E-state index in [2.05, 4.69) is 10.1 Å². The fourth-order valence-electron chi connectivity index (χ4n) is 1.21. The van der Waals surface area contributed by atoms with Crippen LogP contribution in [-0.2, 0) is 23.9 Å². The summed E-state index contributed by atoms with van der Waals surface area (Å²) >= 11 is 0. The normalized spacial score (nSPS) is 13.1. The maximum atomic E-state index is 12.0. The molecule has 0 aliphatic rings. The van der Waals surface area contributed by atoms with Crippen molar-refractivity contribution in [2.24, 2.45) is 11.3 Å². The number of hydrogen-bond donors (Lipinski definition) is 1. The lowest BCUT2D eigenvalue weighted by Gasteiger charge is -2.26. The number of methoxy groups -OCH3 is 1. The van der Waals surface area contributed by atoms with Gasteiger partial charge in [-0.15, -0.1) is 0 Å². The Labute approximate surface area is 125 Å². The van der Waals surface area contributed by atoms with Crippen LogP contribution >= 0.6 is 0 Å². The van der Waals surface area contributed by atoms with E-state index in [0.29, 0.717) is 0 Å². The molecule has 1 unspecified atom stereocenters. The Morgan fingerprint density at radius 1 is 1.10 bits per heavy atom. The number of hydrogen-bond acceptors (Lipinski definition) is 5. The van der Waals surface area contributed by atoms with Gasteiger partial charge >= 0.3 is 11.9 Å². The second-order valence-electron chi connectivity index (χ2n) is 6.06. The number of carbonyl (C=O) groups is 3. The summed E-state index contributed by atoms with van der Waals surface area (Å²) in [5.41, 5.74) is -0.512. The molecule has 0 aliphatic carbocycles.